The largest absolute Gasteiger partial charge is 0.464 e. The second-order valence-electron chi connectivity index (χ2n) is 8.04. The van der Waals surface area contributed by atoms with Gasteiger partial charge in [0.2, 0.25) is 10.0 Å². The molecule has 0 bridgehead atoms. The van der Waals surface area contributed by atoms with Crippen LogP contribution in [0, 0.1) is 18.8 Å². The van der Waals surface area contributed by atoms with Gasteiger partial charge >= 0.3 is 5.97 Å². The van der Waals surface area contributed by atoms with E-state index in [2.05, 4.69) is 4.72 Å². The van der Waals surface area contributed by atoms with Crippen LogP contribution in [0.2, 0.25) is 0 Å². The van der Waals surface area contributed by atoms with Crippen molar-refractivity contribution in [3.8, 4) is 0 Å². The molecule has 0 amide bonds. The van der Waals surface area contributed by atoms with Crippen molar-refractivity contribution in [1.82, 2.24) is 4.72 Å². The average Bonchev–Trinajstić information content (AvgIpc) is 2.71. The van der Waals surface area contributed by atoms with Crippen LogP contribution in [0.25, 0.3) is 0 Å². The first-order valence-corrected chi connectivity index (χ1v) is 11.6. The van der Waals surface area contributed by atoms with Gasteiger partial charge in [0.25, 0.3) is 0 Å². The Labute approximate surface area is 179 Å². The zero-order valence-electron chi connectivity index (χ0n) is 17.9. The van der Waals surface area contributed by atoms with Gasteiger partial charge in [-0.25, -0.2) is 13.1 Å². The van der Waals surface area contributed by atoms with E-state index in [1.165, 1.54) is 0 Å². The van der Waals surface area contributed by atoms with Crippen LogP contribution in [0.5, 0.6) is 0 Å². The SMILES string of the molecule is Cc1ccc(S(=O)(=O)N[C@H](COC(=O)[C@@H](C)[C@H](O)c2ccccc2)CC(C)C)cc1. The summed E-state index contributed by atoms with van der Waals surface area (Å²) in [5.74, 6) is -1.16. The molecule has 0 aliphatic rings. The van der Waals surface area contributed by atoms with Crippen LogP contribution < -0.4 is 4.72 Å². The number of hydrogen-bond acceptors (Lipinski definition) is 5. The van der Waals surface area contributed by atoms with E-state index in [-0.39, 0.29) is 17.4 Å². The quantitative estimate of drug-likeness (QED) is 0.559. The van der Waals surface area contributed by atoms with Gasteiger partial charge in [0.05, 0.1) is 23.0 Å². The third kappa shape index (κ3) is 6.93. The molecule has 2 rings (SSSR count). The number of carbonyl (C=O) groups excluding carboxylic acids is 1. The molecule has 0 fully saturated rings. The van der Waals surface area contributed by atoms with Gasteiger partial charge in [-0.2, -0.15) is 0 Å². The number of esters is 1. The lowest BCUT2D eigenvalue weighted by Crippen LogP contribution is -2.40. The number of aliphatic hydroxyl groups is 1. The molecule has 0 saturated carbocycles. The Hall–Kier alpha value is -2.22. The van der Waals surface area contributed by atoms with Crippen LogP contribution in [0.4, 0.5) is 0 Å². The zero-order chi connectivity index (χ0) is 22.3. The van der Waals surface area contributed by atoms with Gasteiger partial charge in [-0.1, -0.05) is 61.9 Å². The summed E-state index contributed by atoms with van der Waals surface area (Å²) in [7, 11) is -3.74. The molecule has 0 unspecified atom stereocenters. The Morgan fingerprint density at radius 2 is 1.63 bits per heavy atom. The van der Waals surface area contributed by atoms with Crippen molar-refractivity contribution < 1.29 is 23.1 Å². The number of hydrogen-bond donors (Lipinski definition) is 2. The predicted molar refractivity (Wildman–Crippen MR) is 116 cm³/mol. The van der Waals surface area contributed by atoms with Crippen LogP contribution in [-0.2, 0) is 19.6 Å². The van der Waals surface area contributed by atoms with Gasteiger partial charge in [0.15, 0.2) is 0 Å². The van der Waals surface area contributed by atoms with Gasteiger partial charge in [0, 0.05) is 0 Å². The number of ether oxygens (including phenoxy) is 1. The highest BCUT2D eigenvalue weighted by Crippen LogP contribution is 2.23. The standard InChI is InChI=1S/C23H31NO5S/c1-16(2)14-20(24-30(27,28)21-12-10-17(3)11-13-21)15-29-23(26)18(4)22(25)19-8-6-5-7-9-19/h5-13,16,18,20,22,24-25H,14-15H2,1-4H3/t18-,20-,22-/m0/s1. The molecular formula is C23H31NO5S. The maximum Gasteiger partial charge on any atom is 0.311 e. The summed E-state index contributed by atoms with van der Waals surface area (Å²) in [4.78, 5) is 12.6. The van der Waals surface area contributed by atoms with Crippen molar-refractivity contribution in [3.05, 3.63) is 65.7 Å². The summed E-state index contributed by atoms with van der Waals surface area (Å²) in [6.45, 7) is 7.31. The summed E-state index contributed by atoms with van der Waals surface area (Å²) in [6.07, 6.45) is -0.486. The topological polar surface area (TPSA) is 92.7 Å². The third-order valence-corrected chi connectivity index (χ3v) is 6.36. The smallest absolute Gasteiger partial charge is 0.311 e. The van der Waals surface area contributed by atoms with E-state index in [9.17, 15) is 18.3 Å². The lowest BCUT2D eigenvalue weighted by Gasteiger charge is -2.23. The molecule has 30 heavy (non-hydrogen) atoms. The average molecular weight is 434 g/mol. The van der Waals surface area contributed by atoms with Crippen molar-refractivity contribution in [2.45, 2.75) is 51.2 Å². The monoisotopic (exact) mass is 433 g/mol. The maximum absolute atomic E-state index is 12.7. The Balaban J connectivity index is 2.03. The minimum absolute atomic E-state index is 0.103. The number of nitrogens with one attached hydrogen (secondary N) is 1. The van der Waals surface area contributed by atoms with Crippen LogP contribution in [0.1, 0.15) is 44.4 Å². The van der Waals surface area contributed by atoms with E-state index < -0.39 is 34.1 Å². The Bertz CT molecular complexity index is 910. The van der Waals surface area contributed by atoms with Crippen molar-refractivity contribution >= 4 is 16.0 Å². The number of aliphatic hydroxyl groups excluding tert-OH is 1. The van der Waals surface area contributed by atoms with E-state index in [0.717, 1.165) is 5.56 Å². The number of rotatable bonds is 10. The molecule has 2 aromatic carbocycles. The van der Waals surface area contributed by atoms with Gasteiger partial charge in [0.1, 0.15) is 6.61 Å². The van der Waals surface area contributed by atoms with Gasteiger partial charge in [-0.3, -0.25) is 4.79 Å². The Morgan fingerprint density at radius 1 is 1.03 bits per heavy atom. The number of sulfonamides is 1. The summed E-state index contributed by atoms with van der Waals surface area (Å²) in [6, 6.07) is 14.9. The van der Waals surface area contributed by atoms with E-state index in [1.807, 2.05) is 26.8 Å². The van der Waals surface area contributed by atoms with Crippen LogP contribution >= 0.6 is 0 Å². The van der Waals surface area contributed by atoms with E-state index in [0.29, 0.717) is 12.0 Å². The zero-order valence-corrected chi connectivity index (χ0v) is 18.7. The maximum atomic E-state index is 12.7. The number of carbonyl (C=O) groups is 1. The van der Waals surface area contributed by atoms with E-state index in [4.69, 9.17) is 4.74 Å². The second-order valence-corrected chi connectivity index (χ2v) is 9.75. The molecule has 0 aromatic heterocycles. The van der Waals surface area contributed by atoms with E-state index >= 15 is 0 Å². The molecule has 0 aliphatic heterocycles. The lowest BCUT2D eigenvalue weighted by atomic mass is 9.97. The highest BCUT2D eigenvalue weighted by molar-refractivity contribution is 7.89. The molecule has 164 valence electrons. The predicted octanol–water partition coefficient (Wildman–Crippen LogP) is 3.60. The molecule has 0 aliphatic carbocycles. The minimum Gasteiger partial charge on any atom is -0.464 e. The van der Waals surface area contributed by atoms with Crippen molar-refractivity contribution in [1.29, 1.82) is 0 Å². The first-order valence-electron chi connectivity index (χ1n) is 10.1. The summed E-state index contributed by atoms with van der Waals surface area (Å²) in [5, 5.41) is 10.4. The summed E-state index contributed by atoms with van der Waals surface area (Å²) in [5.41, 5.74) is 1.59. The van der Waals surface area contributed by atoms with Crippen molar-refractivity contribution in [2.75, 3.05) is 6.61 Å². The first kappa shape index (κ1) is 24.1. The first-order chi connectivity index (χ1) is 14.1. The number of benzene rings is 2. The normalized spacial score (nSPS) is 14.9. The molecule has 0 heterocycles. The lowest BCUT2D eigenvalue weighted by molar-refractivity contribution is -0.152. The fraction of sp³-hybridized carbons (Fsp3) is 0.435. The van der Waals surface area contributed by atoms with Crippen molar-refractivity contribution in [3.63, 3.8) is 0 Å². The van der Waals surface area contributed by atoms with Gasteiger partial charge in [-0.15, -0.1) is 0 Å². The Kier molecular flexibility index (Phi) is 8.58. The molecule has 0 spiro atoms. The number of aryl methyl sites for hydroxylation is 1. The van der Waals surface area contributed by atoms with Gasteiger partial charge < -0.3 is 9.84 Å². The molecule has 6 nitrogen and oxygen atoms in total. The second kappa shape index (κ2) is 10.7. The summed E-state index contributed by atoms with van der Waals surface area (Å²) >= 11 is 0. The molecule has 0 radical (unpaired) electrons. The van der Waals surface area contributed by atoms with Crippen LogP contribution in [0.3, 0.4) is 0 Å². The van der Waals surface area contributed by atoms with Crippen LogP contribution in [-0.4, -0.2) is 32.1 Å². The van der Waals surface area contributed by atoms with Crippen LogP contribution in [0.15, 0.2) is 59.5 Å². The molecule has 3 atom stereocenters. The van der Waals surface area contributed by atoms with Gasteiger partial charge in [-0.05, 0) is 43.9 Å². The third-order valence-electron chi connectivity index (χ3n) is 4.82. The molecule has 2 aromatic rings. The molecule has 0 saturated heterocycles. The van der Waals surface area contributed by atoms with Crippen molar-refractivity contribution in [2.24, 2.45) is 11.8 Å². The van der Waals surface area contributed by atoms with E-state index in [1.54, 1.807) is 55.5 Å². The molecule has 2 N–H and O–H groups in total. The highest BCUT2D eigenvalue weighted by atomic mass is 32.2. The Morgan fingerprint density at radius 3 is 2.20 bits per heavy atom. The highest BCUT2D eigenvalue weighted by Gasteiger charge is 2.27. The molecule has 7 heteroatoms. The fourth-order valence-corrected chi connectivity index (χ4v) is 4.34. The minimum atomic E-state index is -3.74. The fourth-order valence-electron chi connectivity index (χ4n) is 3.11. The summed E-state index contributed by atoms with van der Waals surface area (Å²) < 4.78 is 33.5. The molecular weight excluding hydrogens is 402 g/mol.